The van der Waals surface area contributed by atoms with Crippen LogP contribution in [-0.2, 0) is 14.8 Å². The average molecular weight is 378 g/mol. The highest BCUT2D eigenvalue weighted by Crippen LogP contribution is 2.39. The second-order valence-electron chi connectivity index (χ2n) is 7.36. The van der Waals surface area contributed by atoms with Gasteiger partial charge in [-0.05, 0) is 44.2 Å². The number of benzene rings is 1. The number of sulfonamides is 1. The number of nitrogens with zero attached hydrogens (tertiary/aromatic N) is 2. The second-order valence-corrected chi connectivity index (χ2v) is 8.93. The van der Waals surface area contributed by atoms with Gasteiger partial charge >= 0.3 is 0 Å². The van der Waals surface area contributed by atoms with Gasteiger partial charge in [0.15, 0.2) is 0 Å². The Kier molecular flexibility index (Phi) is 5.07. The number of carbonyl (C=O) groups excluding carboxylic acids is 1. The number of rotatable bonds is 7. The van der Waals surface area contributed by atoms with E-state index in [0.717, 1.165) is 12.8 Å². The first kappa shape index (κ1) is 18.8. The van der Waals surface area contributed by atoms with Crippen LogP contribution in [0.25, 0.3) is 0 Å². The Morgan fingerprint density at radius 1 is 1.38 bits per heavy atom. The van der Waals surface area contributed by atoms with Gasteiger partial charge in [0.25, 0.3) is 10.0 Å². The lowest BCUT2D eigenvalue weighted by molar-refractivity contribution is -0.123. The number of fused-ring (bicyclic) bond motifs is 1. The maximum Gasteiger partial charge on any atom is 0.285 e. The molecule has 1 aliphatic heterocycles. The molecule has 1 amide bonds. The lowest BCUT2D eigenvalue weighted by Crippen LogP contribution is -2.53. The molecule has 26 heavy (non-hydrogen) atoms. The van der Waals surface area contributed by atoms with Crippen LogP contribution in [0, 0.1) is 5.92 Å². The van der Waals surface area contributed by atoms with Gasteiger partial charge in [-0.15, -0.1) is 4.40 Å². The van der Waals surface area contributed by atoms with Gasteiger partial charge in [0.05, 0.1) is 5.54 Å². The molecule has 142 valence electrons. The van der Waals surface area contributed by atoms with E-state index in [4.69, 9.17) is 5.73 Å². The first-order chi connectivity index (χ1) is 12.3. The van der Waals surface area contributed by atoms with Crippen LogP contribution in [0.15, 0.2) is 33.6 Å². The summed E-state index contributed by atoms with van der Waals surface area (Å²) in [6.45, 7) is 2.98. The van der Waals surface area contributed by atoms with E-state index in [9.17, 15) is 13.2 Å². The van der Waals surface area contributed by atoms with Crippen LogP contribution < -0.4 is 11.1 Å². The molecule has 1 aromatic carbocycles. The Balaban J connectivity index is 1.55. The van der Waals surface area contributed by atoms with Gasteiger partial charge in [0.2, 0.25) is 5.91 Å². The summed E-state index contributed by atoms with van der Waals surface area (Å²) in [6.07, 6.45) is 3.21. The normalized spacial score (nSPS) is 20.0. The van der Waals surface area contributed by atoms with Crippen LogP contribution in [0.4, 0.5) is 0 Å². The molecule has 3 rings (SSSR count). The maximum atomic E-state index is 12.2. The molecule has 1 heterocycles. The Bertz CT molecular complexity index is 833. The van der Waals surface area contributed by atoms with Crippen molar-refractivity contribution in [3.63, 3.8) is 0 Å². The summed E-state index contributed by atoms with van der Waals surface area (Å²) in [5.41, 5.74) is 6.13. The van der Waals surface area contributed by atoms with E-state index in [1.807, 2.05) is 6.92 Å². The summed E-state index contributed by atoms with van der Waals surface area (Å²) in [4.78, 5) is 14.3. The molecule has 1 saturated carbocycles. The van der Waals surface area contributed by atoms with Crippen molar-refractivity contribution >= 4 is 21.8 Å². The zero-order chi connectivity index (χ0) is 18.9. The van der Waals surface area contributed by atoms with Crippen molar-refractivity contribution in [3.8, 4) is 0 Å². The Morgan fingerprint density at radius 3 is 2.73 bits per heavy atom. The minimum absolute atomic E-state index is 0.0142. The molecule has 1 aromatic rings. The number of hydrogen-bond donors (Lipinski definition) is 2. The number of amidine groups is 1. The number of nitrogens with one attached hydrogen (secondary N) is 1. The molecule has 0 saturated heterocycles. The average Bonchev–Trinajstić information content (AvgIpc) is 3.41. The topological polar surface area (TPSA) is 105 Å². The van der Waals surface area contributed by atoms with Crippen molar-refractivity contribution < 1.29 is 13.2 Å². The lowest BCUT2D eigenvalue weighted by Gasteiger charge is -2.29. The van der Waals surface area contributed by atoms with Crippen LogP contribution in [0.1, 0.15) is 38.2 Å². The van der Waals surface area contributed by atoms with E-state index in [2.05, 4.69) is 9.71 Å². The van der Waals surface area contributed by atoms with Crippen molar-refractivity contribution in [3.05, 3.63) is 29.8 Å². The lowest BCUT2D eigenvalue weighted by atomic mass is 9.95. The first-order valence-electron chi connectivity index (χ1n) is 8.93. The Hall–Kier alpha value is -1.93. The van der Waals surface area contributed by atoms with Crippen LogP contribution in [0.2, 0.25) is 0 Å². The van der Waals surface area contributed by atoms with E-state index in [1.165, 1.54) is 0 Å². The Labute approximate surface area is 154 Å². The van der Waals surface area contributed by atoms with Crippen LogP contribution >= 0.6 is 0 Å². The fraction of sp³-hybridized carbons (Fsp3) is 0.556. The highest BCUT2D eigenvalue weighted by Gasteiger charge is 2.41. The molecule has 0 bridgehead atoms. The number of nitrogens with two attached hydrogens (primary N) is 1. The monoisotopic (exact) mass is 378 g/mol. The van der Waals surface area contributed by atoms with Gasteiger partial charge < -0.3 is 16.0 Å². The van der Waals surface area contributed by atoms with Crippen LogP contribution in [0.5, 0.6) is 0 Å². The van der Waals surface area contributed by atoms with Gasteiger partial charge in [-0.2, -0.15) is 8.42 Å². The molecule has 2 aliphatic rings. The van der Waals surface area contributed by atoms with Gasteiger partial charge in [0, 0.05) is 32.1 Å². The molecular formula is C18H26N4O3S. The predicted octanol–water partition coefficient (Wildman–Crippen LogP) is 1.09. The molecule has 1 unspecified atom stereocenters. The number of hydrogen-bond acceptors (Lipinski definition) is 5. The third-order valence-corrected chi connectivity index (χ3v) is 6.52. The Morgan fingerprint density at radius 2 is 2.08 bits per heavy atom. The van der Waals surface area contributed by atoms with E-state index >= 15 is 0 Å². The second kappa shape index (κ2) is 7.00. The quantitative estimate of drug-likeness (QED) is 0.739. The van der Waals surface area contributed by atoms with Gasteiger partial charge in [-0.3, -0.25) is 4.79 Å². The van der Waals surface area contributed by atoms with E-state index in [0.29, 0.717) is 43.2 Å². The van der Waals surface area contributed by atoms with Gasteiger partial charge in [-0.25, -0.2) is 0 Å². The molecule has 0 radical (unpaired) electrons. The highest BCUT2D eigenvalue weighted by molar-refractivity contribution is 7.90. The fourth-order valence-corrected chi connectivity index (χ4v) is 4.62. The van der Waals surface area contributed by atoms with Crippen molar-refractivity contribution in [2.24, 2.45) is 16.0 Å². The molecule has 0 aromatic heterocycles. The van der Waals surface area contributed by atoms with Crippen molar-refractivity contribution in [1.29, 1.82) is 0 Å². The summed E-state index contributed by atoms with van der Waals surface area (Å²) in [6, 6.07) is 6.80. The number of amides is 1. The van der Waals surface area contributed by atoms with E-state index in [-0.39, 0.29) is 16.3 Å². The van der Waals surface area contributed by atoms with E-state index < -0.39 is 10.0 Å². The highest BCUT2D eigenvalue weighted by atomic mass is 32.2. The maximum absolute atomic E-state index is 12.2. The predicted molar refractivity (Wildman–Crippen MR) is 100 cm³/mol. The minimum atomic E-state index is -3.62. The zero-order valence-corrected chi connectivity index (χ0v) is 16.1. The van der Waals surface area contributed by atoms with Crippen molar-refractivity contribution in [1.82, 2.24) is 10.2 Å². The van der Waals surface area contributed by atoms with E-state index in [1.54, 1.807) is 36.2 Å². The molecule has 8 heteroatoms. The summed E-state index contributed by atoms with van der Waals surface area (Å²) < 4.78 is 28.1. The molecule has 1 aliphatic carbocycles. The minimum Gasteiger partial charge on any atom is -0.358 e. The summed E-state index contributed by atoms with van der Waals surface area (Å²) in [5.74, 6) is 0.902. The zero-order valence-electron chi connectivity index (χ0n) is 15.2. The summed E-state index contributed by atoms with van der Waals surface area (Å²) in [5, 5.41) is 3.07. The van der Waals surface area contributed by atoms with Crippen molar-refractivity contribution in [2.75, 3.05) is 20.1 Å². The molecule has 1 fully saturated rings. The number of carbonyl (C=O) groups is 1. The smallest absolute Gasteiger partial charge is 0.285 e. The standard InChI is InChI=1S/C18H26N4O3S/c1-18(12-19,13-9-10-13)20-16(23)8-5-11-22(2)17-14-6-3-4-7-15(14)26(24,25)21-17/h3-4,6-7,13H,5,8-12,19H2,1-2H3,(H,20,23). The first-order valence-corrected chi connectivity index (χ1v) is 10.4. The van der Waals surface area contributed by atoms with Crippen LogP contribution in [0.3, 0.4) is 0 Å². The molecule has 1 atom stereocenters. The molecule has 0 spiro atoms. The largest absolute Gasteiger partial charge is 0.358 e. The summed E-state index contributed by atoms with van der Waals surface area (Å²) in [7, 11) is -1.82. The molecule has 7 nitrogen and oxygen atoms in total. The molecular weight excluding hydrogens is 352 g/mol. The van der Waals surface area contributed by atoms with Crippen LogP contribution in [-0.4, -0.2) is 50.7 Å². The third kappa shape index (κ3) is 3.76. The van der Waals surface area contributed by atoms with Crippen molar-refractivity contribution in [2.45, 2.75) is 43.0 Å². The summed E-state index contributed by atoms with van der Waals surface area (Å²) >= 11 is 0. The van der Waals surface area contributed by atoms with Gasteiger partial charge in [-0.1, -0.05) is 12.1 Å². The molecule has 3 N–H and O–H groups in total. The fourth-order valence-electron chi connectivity index (χ4n) is 3.37. The third-order valence-electron chi connectivity index (χ3n) is 5.20. The SMILES string of the molecule is CN(CCCC(=O)NC(C)(CN)C1CC1)C1=NS(=O)(=O)c2ccccc21. The van der Waals surface area contributed by atoms with Gasteiger partial charge in [0.1, 0.15) is 10.7 Å².